The van der Waals surface area contributed by atoms with E-state index in [4.69, 9.17) is 0 Å². The molecule has 1 aliphatic heterocycles. The molecule has 2 N–H and O–H groups in total. The fourth-order valence-electron chi connectivity index (χ4n) is 2.11. The molecule has 0 radical (unpaired) electrons. The maximum Gasteiger partial charge on any atom is 0.242 e. The van der Waals surface area contributed by atoms with Crippen LogP contribution in [-0.2, 0) is 20.0 Å². The van der Waals surface area contributed by atoms with Gasteiger partial charge in [0.05, 0.1) is 9.79 Å². The number of rotatable bonds is 6. The molecule has 1 aliphatic rings. The zero-order valence-electron chi connectivity index (χ0n) is 13.5. The largest absolute Gasteiger partial charge is 0.313 e. The Kier molecular flexibility index (Phi) is 7.39. The highest BCUT2D eigenvalue weighted by Crippen LogP contribution is 2.18. The third-order valence-electron chi connectivity index (χ3n) is 3.54. The second-order valence-electron chi connectivity index (χ2n) is 5.40. The van der Waals surface area contributed by atoms with Crippen LogP contribution in [0.25, 0.3) is 0 Å². The quantitative estimate of drug-likeness (QED) is 0.686. The lowest BCUT2D eigenvalue weighted by Crippen LogP contribution is -2.30. The van der Waals surface area contributed by atoms with Crippen LogP contribution in [0.3, 0.4) is 0 Å². The lowest BCUT2D eigenvalue weighted by Gasteiger charge is -2.15. The van der Waals surface area contributed by atoms with Crippen LogP contribution in [0.1, 0.15) is 6.42 Å². The van der Waals surface area contributed by atoms with Gasteiger partial charge in [0.2, 0.25) is 20.0 Å². The minimum absolute atomic E-state index is 0. The van der Waals surface area contributed by atoms with E-state index in [1.165, 1.54) is 38.4 Å². The minimum atomic E-state index is -3.76. The molecule has 24 heavy (non-hydrogen) atoms. The highest BCUT2D eigenvalue weighted by atomic mass is 35.5. The predicted octanol–water partition coefficient (Wildman–Crippen LogP) is 0.557. The molecule has 136 valence electrons. The average molecular weight is 396 g/mol. The van der Waals surface area contributed by atoms with Gasteiger partial charge in [-0.05, 0) is 31.2 Å². The molecule has 1 heterocycles. The monoisotopic (exact) mass is 395 g/mol. The van der Waals surface area contributed by atoms with Gasteiger partial charge in [0.1, 0.15) is 0 Å². The summed E-state index contributed by atoms with van der Waals surface area (Å²) >= 11 is 0. The average Bonchev–Trinajstić information content (AvgIpc) is 2.54. The van der Waals surface area contributed by atoms with E-state index in [0.29, 0.717) is 0 Å². The van der Waals surface area contributed by atoms with Crippen LogP contribution in [-0.4, -0.2) is 54.9 Å². The van der Waals surface area contributed by atoms with Gasteiger partial charge in [-0.15, -0.1) is 12.4 Å². The Balaban J connectivity index is 0.00000288. The van der Waals surface area contributed by atoms with Crippen molar-refractivity contribution in [2.45, 2.75) is 16.2 Å². The normalized spacial score (nSPS) is 15.7. The Morgan fingerprint density at radius 3 is 2.42 bits per heavy atom. The lowest BCUT2D eigenvalue weighted by atomic mass is 10.1. The standard InChI is InChI=1S/C14H21N3O4S2.ClH/c1-17(2)23(20,21)14-5-3-4-13(10-14)22(18,19)16-11-12-6-8-15-9-7-12;/h3-6,10,15-16H,7-9,11H2,1-2H3;1H. The summed E-state index contributed by atoms with van der Waals surface area (Å²) < 4.78 is 52.5. The van der Waals surface area contributed by atoms with Crippen LogP contribution >= 0.6 is 12.4 Å². The van der Waals surface area contributed by atoms with Crippen molar-refractivity contribution in [3.05, 3.63) is 35.9 Å². The van der Waals surface area contributed by atoms with Crippen LogP contribution < -0.4 is 10.0 Å². The van der Waals surface area contributed by atoms with Crippen LogP contribution in [0.2, 0.25) is 0 Å². The van der Waals surface area contributed by atoms with Gasteiger partial charge < -0.3 is 5.32 Å². The predicted molar refractivity (Wildman–Crippen MR) is 95.3 cm³/mol. The van der Waals surface area contributed by atoms with Gasteiger partial charge in [-0.3, -0.25) is 0 Å². The Labute approximate surface area is 149 Å². The number of nitrogens with zero attached hydrogens (tertiary/aromatic N) is 1. The van der Waals surface area contributed by atoms with E-state index in [0.717, 1.165) is 29.4 Å². The summed E-state index contributed by atoms with van der Waals surface area (Å²) in [6.07, 6.45) is 2.75. The van der Waals surface area contributed by atoms with Crippen molar-refractivity contribution >= 4 is 32.5 Å². The number of halogens is 1. The van der Waals surface area contributed by atoms with Crippen molar-refractivity contribution in [2.75, 3.05) is 33.7 Å². The molecule has 1 aromatic carbocycles. The molecule has 0 saturated carbocycles. The summed E-state index contributed by atoms with van der Waals surface area (Å²) in [5.74, 6) is 0. The molecule has 0 aliphatic carbocycles. The minimum Gasteiger partial charge on any atom is -0.313 e. The highest BCUT2D eigenvalue weighted by Gasteiger charge is 2.21. The molecule has 2 rings (SSSR count). The summed E-state index contributed by atoms with van der Waals surface area (Å²) in [7, 11) is -4.63. The molecule has 0 unspecified atom stereocenters. The van der Waals surface area contributed by atoms with Crippen molar-refractivity contribution in [1.29, 1.82) is 0 Å². The molecule has 10 heteroatoms. The van der Waals surface area contributed by atoms with E-state index in [2.05, 4.69) is 10.0 Å². The molecule has 0 fully saturated rings. The second kappa shape index (κ2) is 8.41. The maximum absolute atomic E-state index is 12.4. The fraction of sp³-hybridized carbons (Fsp3) is 0.429. The molecular formula is C14H22ClN3O4S2. The molecule has 0 aromatic heterocycles. The Morgan fingerprint density at radius 2 is 1.83 bits per heavy atom. The topological polar surface area (TPSA) is 95.6 Å². The van der Waals surface area contributed by atoms with Crippen molar-refractivity contribution in [3.63, 3.8) is 0 Å². The first-order valence-corrected chi connectivity index (χ1v) is 10.1. The van der Waals surface area contributed by atoms with Gasteiger partial charge in [-0.25, -0.2) is 25.9 Å². The number of hydrogen-bond acceptors (Lipinski definition) is 5. The number of hydrogen-bond donors (Lipinski definition) is 2. The van der Waals surface area contributed by atoms with Gasteiger partial charge in [-0.2, -0.15) is 0 Å². The van der Waals surface area contributed by atoms with Crippen LogP contribution in [0.15, 0.2) is 45.7 Å². The third-order valence-corrected chi connectivity index (χ3v) is 6.75. The van der Waals surface area contributed by atoms with Crippen LogP contribution in [0.4, 0.5) is 0 Å². The highest BCUT2D eigenvalue weighted by molar-refractivity contribution is 7.90. The first-order valence-electron chi connectivity index (χ1n) is 7.14. The summed E-state index contributed by atoms with van der Waals surface area (Å²) in [4.78, 5) is -0.110. The Morgan fingerprint density at radius 1 is 1.17 bits per heavy atom. The van der Waals surface area contributed by atoms with Crippen molar-refractivity contribution in [3.8, 4) is 0 Å². The van der Waals surface area contributed by atoms with E-state index in [-0.39, 0.29) is 28.7 Å². The Hall–Kier alpha value is -0.970. The first kappa shape index (κ1) is 21.1. The Bertz CT molecular complexity index is 805. The zero-order chi connectivity index (χ0) is 17.1. The molecule has 0 amide bonds. The summed E-state index contributed by atoms with van der Waals surface area (Å²) in [6.45, 7) is 1.78. The van der Waals surface area contributed by atoms with E-state index in [1.54, 1.807) is 0 Å². The fourth-order valence-corrected chi connectivity index (χ4v) is 4.22. The summed E-state index contributed by atoms with van der Waals surface area (Å²) in [6, 6.07) is 5.36. The molecule has 1 aromatic rings. The molecule has 0 saturated heterocycles. The van der Waals surface area contributed by atoms with E-state index in [9.17, 15) is 16.8 Å². The molecule has 0 atom stereocenters. The number of sulfonamides is 2. The molecule has 0 bridgehead atoms. The van der Waals surface area contributed by atoms with E-state index >= 15 is 0 Å². The summed E-state index contributed by atoms with van der Waals surface area (Å²) in [5.41, 5.74) is 1.02. The second-order valence-corrected chi connectivity index (χ2v) is 9.32. The van der Waals surface area contributed by atoms with Crippen LogP contribution in [0, 0.1) is 0 Å². The van der Waals surface area contributed by atoms with Gasteiger partial charge in [0, 0.05) is 27.2 Å². The third kappa shape index (κ3) is 5.01. The maximum atomic E-state index is 12.4. The van der Waals surface area contributed by atoms with Gasteiger partial charge in [0.15, 0.2) is 0 Å². The van der Waals surface area contributed by atoms with Crippen molar-refractivity contribution in [2.24, 2.45) is 0 Å². The number of benzene rings is 1. The van der Waals surface area contributed by atoms with Crippen molar-refractivity contribution in [1.82, 2.24) is 14.3 Å². The van der Waals surface area contributed by atoms with E-state index < -0.39 is 20.0 Å². The van der Waals surface area contributed by atoms with E-state index in [1.807, 2.05) is 6.08 Å². The van der Waals surface area contributed by atoms with Crippen molar-refractivity contribution < 1.29 is 16.8 Å². The summed E-state index contributed by atoms with van der Waals surface area (Å²) in [5, 5.41) is 3.15. The van der Waals surface area contributed by atoms with Gasteiger partial charge in [-0.1, -0.05) is 17.7 Å². The number of nitrogens with one attached hydrogen (secondary N) is 2. The molecular weight excluding hydrogens is 374 g/mol. The smallest absolute Gasteiger partial charge is 0.242 e. The van der Waals surface area contributed by atoms with Gasteiger partial charge >= 0.3 is 0 Å². The van der Waals surface area contributed by atoms with Gasteiger partial charge in [0.25, 0.3) is 0 Å². The molecule has 0 spiro atoms. The molecule has 7 nitrogen and oxygen atoms in total. The lowest BCUT2D eigenvalue weighted by molar-refractivity contribution is 0.520. The SMILES string of the molecule is CN(C)S(=O)(=O)c1cccc(S(=O)(=O)NCC2=CCNCC2)c1.Cl. The first-order chi connectivity index (χ1) is 10.7. The zero-order valence-corrected chi connectivity index (χ0v) is 16.0. The van der Waals surface area contributed by atoms with Crippen LogP contribution in [0.5, 0.6) is 0 Å².